The minimum atomic E-state index is -2.79. The van der Waals surface area contributed by atoms with Crippen molar-refractivity contribution in [3.63, 3.8) is 0 Å². The van der Waals surface area contributed by atoms with Crippen molar-refractivity contribution in [2.75, 3.05) is 0 Å². The summed E-state index contributed by atoms with van der Waals surface area (Å²) in [7, 11) is -2.48. The average Bonchev–Trinajstić information content (AvgIpc) is 3.49. The van der Waals surface area contributed by atoms with E-state index in [1.54, 1.807) is 24.3 Å². The summed E-state index contributed by atoms with van der Waals surface area (Å²) in [6.07, 6.45) is 2.77. The summed E-state index contributed by atoms with van der Waals surface area (Å²) in [6, 6.07) is 26.8. The van der Waals surface area contributed by atoms with E-state index in [2.05, 4.69) is 22.1 Å². The smallest absolute Gasteiger partial charge is 0.120 e. The van der Waals surface area contributed by atoms with Crippen molar-refractivity contribution in [2.24, 2.45) is 0 Å². The Morgan fingerprint density at radius 2 is 1.65 bits per heavy atom. The van der Waals surface area contributed by atoms with Gasteiger partial charge in [-0.3, -0.25) is 4.39 Å². The van der Waals surface area contributed by atoms with Crippen molar-refractivity contribution in [2.45, 2.75) is 40.2 Å². The molecule has 233 valence electrons. The molecule has 0 unspecified atom stereocenters. The van der Waals surface area contributed by atoms with Crippen molar-refractivity contribution < 1.29 is 44.0 Å². The third-order valence-corrected chi connectivity index (χ3v) is 8.96. The molecule has 0 bridgehead atoms. The van der Waals surface area contributed by atoms with Crippen LogP contribution in [0.15, 0.2) is 108 Å². The van der Waals surface area contributed by atoms with E-state index >= 15 is 0 Å². The van der Waals surface area contributed by atoms with Gasteiger partial charge in [0.25, 0.3) is 0 Å². The molecular weight excluding hydrogens is 764 g/mol. The molecule has 7 aromatic rings. The standard InChI is InChI=1S/C28H26NOSi.C12H9FN.Ir/c1-18-15-21(31(3,4)5)16-19(2)27(18)20-13-14-29-25(17-20)24-11-8-10-23-22-9-6-7-12-26(22)30-28(23)24;1-9-2-7-12(14-8-9)10-3-5-11(13)6-4-10;/h6-10,12-17H,1-5H3;2-3,5-8H,1H3;/q2*-1;/i1D3,2D3,15D,16D;1D3;. The molecule has 3 heterocycles. The number of hydrogen-bond donors (Lipinski definition) is 0. The van der Waals surface area contributed by atoms with Crippen molar-refractivity contribution in [1.29, 1.82) is 0 Å². The van der Waals surface area contributed by atoms with Crippen molar-refractivity contribution in [3.8, 4) is 33.6 Å². The summed E-state index contributed by atoms with van der Waals surface area (Å²) in [6.45, 7) is -2.11. The normalized spacial score (nSPS) is 15.5. The Bertz CT molecular complexity index is 2520. The number of hydrogen-bond acceptors (Lipinski definition) is 3. The SMILES string of the molecule is [2H]C([2H])([2H])c1ccc(-c2[c-]cc(F)cc2)nc1.[2H]c1c(C([2H])([2H])[2H])c(-c2ccnc(-c3[c-]ccc4c3oc3ccccc34)c2)c(C([2H])([2H])[2H])c([2H])c1[Si](C)(C)C.[Ir]. The second-order valence-electron chi connectivity index (χ2n) is 11.5. The predicted octanol–water partition coefficient (Wildman–Crippen LogP) is 10.3. The molecule has 46 heavy (non-hydrogen) atoms. The first-order valence-corrected chi connectivity index (χ1v) is 17.7. The quantitative estimate of drug-likeness (QED) is 0.131. The molecule has 0 spiro atoms. The maximum atomic E-state index is 12.7. The number of pyridine rings is 2. The second kappa shape index (κ2) is 13.6. The monoisotopic (exact) mass is 810 g/mol. The topological polar surface area (TPSA) is 38.9 Å². The molecule has 0 aliphatic heterocycles. The van der Waals surface area contributed by atoms with Crippen LogP contribution < -0.4 is 5.19 Å². The van der Waals surface area contributed by atoms with Gasteiger partial charge in [-0.05, 0) is 71.9 Å². The molecule has 6 heteroatoms. The van der Waals surface area contributed by atoms with E-state index in [-0.39, 0.29) is 71.0 Å². The predicted molar refractivity (Wildman–Crippen MR) is 187 cm³/mol. The largest absolute Gasteiger partial charge is 0.501 e. The molecule has 1 radical (unpaired) electrons. The van der Waals surface area contributed by atoms with Gasteiger partial charge in [-0.2, -0.15) is 0 Å². The third kappa shape index (κ3) is 6.95. The Hall–Kier alpha value is -4.22. The molecule has 7 rings (SSSR count). The zero-order chi connectivity index (χ0) is 41.0. The Morgan fingerprint density at radius 3 is 2.33 bits per heavy atom. The van der Waals surface area contributed by atoms with Crippen LogP contribution in [0.4, 0.5) is 4.39 Å². The first-order valence-electron chi connectivity index (χ1n) is 19.7. The van der Waals surface area contributed by atoms with Crippen LogP contribution in [-0.4, -0.2) is 18.0 Å². The number of halogens is 1. The van der Waals surface area contributed by atoms with Crippen LogP contribution in [0.3, 0.4) is 0 Å². The van der Waals surface area contributed by atoms with Crippen LogP contribution in [-0.2, 0) is 20.1 Å². The fourth-order valence-corrected chi connectivity index (χ4v) is 5.92. The molecule has 0 fully saturated rings. The number of nitrogens with zero attached hydrogens (tertiary/aromatic N) is 2. The van der Waals surface area contributed by atoms with E-state index in [1.807, 2.05) is 50.0 Å². The van der Waals surface area contributed by atoms with Crippen molar-refractivity contribution >= 4 is 35.2 Å². The Kier molecular flexibility index (Phi) is 6.39. The van der Waals surface area contributed by atoms with Gasteiger partial charge in [-0.15, -0.1) is 48.0 Å². The van der Waals surface area contributed by atoms with Gasteiger partial charge in [-0.25, -0.2) is 0 Å². The summed E-state index contributed by atoms with van der Waals surface area (Å²) in [5.74, 6) is -0.368. The molecule has 0 aliphatic carbocycles. The fourth-order valence-electron chi connectivity index (χ4n) is 4.92. The average molecular weight is 810 g/mol. The number of para-hydroxylation sites is 1. The molecule has 0 N–H and O–H groups in total. The first-order chi connectivity index (χ1) is 26.1. The molecule has 3 nitrogen and oxygen atoms in total. The molecule has 3 aromatic heterocycles. The summed E-state index contributed by atoms with van der Waals surface area (Å²) in [5, 5.41) is 2.00. The van der Waals surface area contributed by atoms with Gasteiger partial charge < -0.3 is 14.4 Å². The molecule has 0 amide bonds. The van der Waals surface area contributed by atoms with E-state index < -0.39 is 28.6 Å². The van der Waals surface area contributed by atoms with Gasteiger partial charge in [0.1, 0.15) is 5.58 Å². The number of aryl methyl sites for hydroxylation is 1. The summed E-state index contributed by atoms with van der Waals surface area (Å²) >= 11 is 0. The van der Waals surface area contributed by atoms with Gasteiger partial charge in [0, 0.05) is 56.0 Å². The Morgan fingerprint density at radius 1 is 0.848 bits per heavy atom. The van der Waals surface area contributed by atoms with E-state index in [9.17, 15) is 4.39 Å². The van der Waals surface area contributed by atoms with Gasteiger partial charge in [0.2, 0.25) is 0 Å². The Labute approximate surface area is 300 Å². The van der Waals surface area contributed by atoms with Crippen LogP contribution in [0, 0.1) is 38.5 Å². The fraction of sp³-hybridized carbons (Fsp3) is 0.150. The zero-order valence-electron chi connectivity index (χ0n) is 36.2. The maximum absolute atomic E-state index is 12.7. The number of fused-ring (bicyclic) bond motifs is 3. The Balaban J connectivity index is 0.000000289. The minimum absolute atomic E-state index is 0. The van der Waals surface area contributed by atoms with Crippen LogP contribution in [0.1, 0.15) is 31.8 Å². The van der Waals surface area contributed by atoms with Gasteiger partial charge in [0.05, 0.1) is 16.4 Å². The van der Waals surface area contributed by atoms with E-state index in [0.717, 1.165) is 10.8 Å². The van der Waals surface area contributed by atoms with Crippen LogP contribution in [0.2, 0.25) is 19.6 Å². The van der Waals surface area contributed by atoms with Gasteiger partial charge in [0.15, 0.2) is 0 Å². The summed E-state index contributed by atoms with van der Waals surface area (Å²) in [4.78, 5) is 8.51. The number of aromatic nitrogens is 2. The van der Waals surface area contributed by atoms with E-state index in [0.29, 0.717) is 33.7 Å². The van der Waals surface area contributed by atoms with Crippen molar-refractivity contribution in [3.05, 3.63) is 138 Å². The zero-order valence-corrected chi connectivity index (χ0v) is 28.6. The maximum Gasteiger partial charge on any atom is 0.120 e. The molecule has 0 atom stereocenters. The third-order valence-electron chi connectivity index (χ3n) is 7.21. The molecule has 0 aliphatic rings. The van der Waals surface area contributed by atoms with E-state index in [1.165, 1.54) is 36.7 Å². The number of benzene rings is 4. The number of rotatable bonds is 4. The molecule has 0 saturated heterocycles. The van der Waals surface area contributed by atoms with Crippen molar-refractivity contribution in [1.82, 2.24) is 9.97 Å². The summed E-state index contributed by atoms with van der Waals surface area (Å²) in [5.41, 5.74) is 2.96. The first kappa shape index (κ1) is 21.5. The molecule has 0 saturated carbocycles. The summed E-state index contributed by atoms with van der Waals surface area (Å²) < 4.78 is 108. The minimum Gasteiger partial charge on any atom is -0.501 e. The molecular formula is C40H35FIrN2OSi-2. The van der Waals surface area contributed by atoms with Crippen LogP contribution in [0.25, 0.3) is 55.6 Å². The van der Waals surface area contributed by atoms with Gasteiger partial charge >= 0.3 is 0 Å². The van der Waals surface area contributed by atoms with Gasteiger partial charge in [-0.1, -0.05) is 84.3 Å². The van der Waals surface area contributed by atoms with Crippen LogP contribution >= 0.6 is 0 Å². The van der Waals surface area contributed by atoms with Crippen LogP contribution in [0.5, 0.6) is 0 Å². The molecule has 4 aromatic carbocycles. The van der Waals surface area contributed by atoms with E-state index in [4.69, 9.17) is 19.5 Å². The second-order valence-corrected chi connectivity index (χ2v) is 16.5. The number of furan rings is 1.